The molecule has 3 heterocycles. The maximum absolute atomic E-state index is 13.2. The van der Waals surface area contributed by atoms with Gasteiger partial charge in [-0.2, -0.15) is 5.10 Å². The first-order valence-electron chi connectivity index (χ1n) is 11.8. The summed E-state index contributed by atoms with van der Waals surface area (Å²) in [6, 6.07) is 11.6. The van der Waals surface area contributed by atoms with Crippen molar-refractivity contribution in [3.05, 3.63) is 71.8 Å². The highest BCUT2D eigenvalue weighted by molar-refractivity contribution is 5.89. The molecule has 0 radical (unpaired) electrons. The van der Waals surface area contributed by atoms with Crippen LogP contribution in [0.5, 0.6) is 0 Å². The number of aryl methyl sites for hydroxylation is 2. The van der Waals surface area contributed by atoms with Crippen LogP contribution < -0.4 is 5.32 Å². The number of benzene rings is 1. The number of nitrogens with one attached hydrogen (secondary N) is 1. The monoisotopic (exact) mass is 443 g/mol. The molecule has 7 heteroatoms. The number of rotatable bonds is 6. The minimum Gasteiger partial charge on any atom is -0.353 e. The Kier molecular flexibility index (Phi) is 6.19. The van der Waals surface area contributed by atoms with Gasteiger partial charge in [-0.1, -0.05) is 30.3 Å². The van der Waals surface area contributed by atoms with E-state index in [1.807, 2.05) is 47.4 Å². The zero-order chi connectivity index (χ0) is 22.6. The van der Waals surface area contributed by atoms with Crippen LogP contribution in [0.1, 0.15) is 36.1 Å². The van der Waals surface area contributed by atoms with Crippen LogP contribution in [0.4, 0.5) is 0 Å². The minimum absolute atomic E-state index is 0.0123. The van der Waals surface area contributed by atoms with Crippen molar-refractivity contribution in [2.24, 2.45) is 0 Å². The van der Waals surface area contributed by atoms with Crippen molar-refractivity contribution in [3.8, 4) is 11.1 Å². The number of carbonyl (C=O) groups excluding carboxylic acids is 2. The largest absolute Gasteiger partial charge is 0.353 e. The van der Waals surface area contributed by atoms with Gasteiger partial charge in [0, 0.05) is 50.6 Å². The highest BCUT2D eigenvalue weighted by Gasteiger charge is 2.33. The molecule has 1 saturated heterocycles. The Bertz CT molecular complexity index is 1140. The number of amides is 2. The first-order chi connectivity index (χ1) is 16.2. The number of hydrogen-bond acceptors (Lipinski definition) is 4. The molecule has 2 amide bonds. The zero-order valence-corrected chi connectivity index (χ0v) is 18.7. The lowest BCUT2D eigenvalue weighted by Gasteiger charge is -2.35. The quantitative estimate of drug-likeness (QED) is 0.635. The molecule has 1 aliphatic carbocycles. The average molecular weight is 444 g/mol. The van der Waals surface area contributed by atoms with Gasteiger partial charge in [-0.3, -0.25) is 19.3 Å². The molecule has 33 heavy (non-hydrogen) atoms. The van der Waals surface area contributed by atoms with Gasteiger partial charge in [0.05, 0.1) is 6.20 Å². The van der Waals surface area contributed by atoms with Gasteiger partial charge in [-0.05, 0) is 54.0 Å². The Labute approximate surface area is 193 Å². The van der Waals surface area contributed by atoms with Gasteiger partial charge in [0.2, 0.25) is 11.8 Å². The fourth-order valence-corrected chi connectivity index (χ4v) is 4.94. The Balaban J connectivity index is 1.29. The first-order valence-corrected chi connectivity index (χ1v) is 11.8. The summed E-state index contributed by atoms with van der Waals surface area (Å²) in [6.07, 6.45) is 10.9. The molecule has 0 spiro atoms. The number of carbonyl (C=O) groups is 2. The van der Waals surface area contributed by atoms with Crippen LogP contribution in [0, 0.1) is 0 Å². The van der Waals surface area contributed by atoms with Crippen LogP contribution in [0.3, 0.4) is 0 Å². The average Bonchev–Trinajstić information content (AvgIpc) is 3.28. The normalized spacial score (nSPS) is 18.0. The van der Waals surface area contributed by atoms with Gasteiger partial charge in [-0.15, -0.1) is 0 Å². The van der Waals surface area contributed by atoms with Crippen molar-refractivity contribution in [3.63, 3.8) is 0 Å². The van der Waals surface area contributed by atoms with Crippen LogP contribution in [-0.2, 0) is 35.4 Å². The lowest BCUT2D eigenvalue weighted by Crippen LogP contribution is -2.58. The molecular weight excluding hydrogens is 414 g/mol. The third kappa shape index (κ3) is 4.67. The molecule has 1 unspecified atom stereocenters. The van der Waals surface area contributed by atoms with E-state index in [0.29, 0.717) is 32.5 Å². The number of hydrogen-bond donors (Lipinski definition) is 1. The third-order valence-electron chi connectivity index (χ3n) is 6.68. The molecule has 1 atom stereocenters. The van der Waals surface area contributed by atoms with E-state index in [1.54, 1.807) is 11.1 Å². The Morgan fingerprint density at radius 1 is 1.09 bits per heavy atom. The topological polar surface area (TPSA) is 80.1 Å². The predicted molar refractivity (Wildman–Crippen MR) is 125 cm³/mol. The summed E-state index contributed by atoms with van der Waals surface area (Å²) >= 11 is 0. The van der Waals surface area contributed by atoms with E-state index in [0.717, 1.165) is 29.5 Å². The molecule has 7 nitrogen and oxygen atoms in total. The van der Waals surface area contributed by atoms with E-state index in [9.17, 15) is 9.59 Å². The lowest BCUT2D eigenvalue weighted by atomic mass is 9.98. The Hall–Kier alpha value is -3.48. The van der Waals surface area contributed by atoms with E-state index in [4.69, 9.17) is 0 Å². The van der Waals surface area contributed by atoms with Crippen LogP contribution in [0.2, 0.25) is 0 Å². The Morgan fingerprint density at radius 3 is 2.85 bits per heavy atom. The minimum atomic E-state index is -0.498. The molecule has 5 rings (SSSR count). The highest BCUT2D eigenvalue weighted by atomic mass is 16.2. The molecule has 2 aliphatic rings. The van der Waals surface area contributed by atoms with Gasteiger partial charge >= 0.3 is 0 Å². The zero-order valence-electron chi connectivity index (χ0n) is 18.7. The van der Waals surface area contributed by atoms with Gasteiger partial charge in [0.25, 0.3) is 0 Å². The number of aromatic nitrogens is 3. The fraction of sp³-hybridized carbons (Fsp3) is 0.385. The summed E-state index contributed by atoms with van der Waals surface area (Å²) in [5, 5.41) is 7.45. The number of fused-ring (bicyclic) bond motifs is 1. The molecule has 1 N–H and O–H groups in total. The van der Waals surface area contributed by atoms with E-state index in [2.05, 4.69) is 21.5 Å². The second-order valence-electron chi connectivity index (χ2n) is 8.84. The van der Waals surface area contributed by atoms with Gasteiger partial charge in [0.15, 0.2) is 0 Å². The van der Waals surface area contributed by atoms with Gasteiger partial charge in [0.1, 0.15) is 6.04 Å². The summed E-state index contributed by atoms with van der Waals surface area (Å²) in [7, 11) is 0. The molecule has 3 aromatic rings. The third-order valence-corrected chi connectivity index (χ3v) is 6.68. The molecule has 170 valence electrons. The van der Waals surface area contributed by atoms with Crippen molar-refractivity contribution in [1.82, 2.24) is 25.0 Å². The highest BCUT2D eigenvalue weighted by Crippen LogP contribution is 2.23. The van der Waals surface area contributed by atoms with Crippen molar-refractivity contribution >= 4 is 11.8 Å². The molecule has 1 fully saturated rings. The van der Waals surface area contributed by atoms with Crippen molar-refractivity contribution < 1.29 is 9.59 Å². The van der Waals surface area contributed by atoms with Crippen LogP contribution >= 0.6 is 0 Å². The van der Waals surface area contributed by atoms with Crippen LogP contribution in [0.25, 0.3) is 11.1 Å². The summed E-state index contributed by atoms with van der Waals surface area (Å²) in [5.74, 6) is -0.0730. The lowest BCUT2D eigenvalue weighted by molar-refractivity contribution is -0.143. The molecule has 0 saturated carbocycles. The fourth-order valence-electron chi connectivity index (χ4n) is 4.94. The maximum Gasteiger partial charge on any atom is 0.243 e. The maximum atomic E-state index is 13.2. The summed E-state index contributed by atoms with van der Waals surface area (Å²) < 4.78 is 1.99. The van der Waals surface area contributed by atoms with E-state index in [-0.39, 0.29) is 11.8 Å². The standard InChI is InChI=1S/C26H29N5O2/c32-25(10-13-31-23-9-2-1-6-22(23)18-29-31)30-14-12-28-26(33)24(30)16-19-5-3-7-20(15-19)21-8-4-11-27-17-21/h3-5,7-8,11,15,17-18,24H,1-2,6,9-10,12-14,16H2,(H,28,33). The van der Waals surface area contributed by atoms with Crippen molar-refractivity contribution in [2.45, 2.75) is 51.1 Å². The van der Waals surface area contributed by atoms with Gasteiger partial charge in [-0.25, -0.2) is 0 Å². The smallest absolute Gasteiger partial charge is 0.243 e. The number of piperazine rings is 1. The number of nitrogens with zero attached hydrogens (tertiary/aromatic N) is 4. The van der Waals surface area contributed by atoms with E-state index < -0.39 is 6.04 Å². The second kappa shape index (κ2) is 9.57. The van der Waals surface area contributed by atoms with Crippen molar-refractivity contribution in [2.75, 3.05) is 13.1 Å². The Morgan fingerprint density at radius 2 is 1.97 bits per heavy atom. The van der Waals surface area contributed by atoms with E-state index >= 15 is 0 Å². The SMILES string of the molecule is O=C1NCCN(C(=O)CCn2ncc3c2CCCC3)C1Cc1cccc(-c2cccnc2)c1. The molecule has 1 aromatic carbocycles. The second-order valence-corrected chi connectivity index (χ2v) is 8.84. The summed E-state index contributed by atoms with van der Waals surface area (Å²) in [6.45, 7) is 1.60. The van der Waals surface area contributed by atoms with Crippen LogP contribution in [-0.4, -0.2) is 50.6 Å². The first kappa shape index (κ1) is 21.4. The molecule has 1 aliphatic heterocycles. The van der Waals surface area contributed by atoms with Crippen molar-refractivity contribution in [1.29, 1.82) is 0 Å². The number of pyridine rings is 1. The summed E-state index contributed by atoms with van der Waals surface area (Å²) in [5.41, 5.74) is 5.70. The molecule has 2 aromatic heterocycles. The van der Waals surface area contributed by atoms with E-state index in [1.165, 1.54) is 24.1 Å². The van der Waals surface area contributed by atoms with Gasteiger partial charge < -0.3 is 10.2 Å². The molecular formula is C26H29N5O2. The predicted octanol–water partition coefficient (Wildman–Crippen LogP) is 2.78. The molecule has 0 bridgehead atoms. The summed E-state index contributed by atoms with van der Waals surface area (Å²) in [4.78, 5) is 31.9. The van der Waals surface area contributed by atoms with Crippen LogP contribution in [0.15, 0.2) is 55.0 Å².